The van der Waals surface area contributed by atoms with Crippen molar-refractivity contribution < 1.29 is 23.0 Å². The number of rotatable bonds is 6. The van der Waals surface area contributed by atoms with Crippen molar-refractivity contribution in [2.45, 2.75) is 18.7 Å². The van der Waals surface area contributed by atoms with Crippen molar-refractivity contribution in [3.63, 3.8) is 0 Å². The van der Waals surface area contributed by atoms with E-state index in [-0.39, 0.29) is 12.3 Å². The van der Waals surface area contributed by atoms with Crippen molar-refractivity contribution in [1.29, 1.82) is 0 Å². The number of aliphatic hydroxyl groups is 1. The number of halogens is 3. The molecular weight excluding hydrogens is 261 g/mol. The standard InChI is InChI=1S/C12H17F3N2O2/c1-19-7-9(18)4-5-17-11-3-2-8(6-10(11)16)12(13,14)15/h2-3,6,9,17-18H,4-5,7,16H2,1H3. The summed E-state index contributed by atoms with van der Waals surface area (Å²) in [6.07, 6.45) is -4.61. The molecule has 0 spiro atoms. The number of ether oxygens (including phenoxy) is 1. The van der Waals surface area contributed by atoms with E-state index < -0.39 is 17.8 Å². The Morgan fingerprint density at radius 1 is 1.42 bits per heavy atom. The monoisotopic (exact) mass is 278 g/mol. The molecule has 1 unspecified atom stereocenters. The van der Waals surface area contributed by atoms with Crippen LogP contribution in [-0.4, -0.2) is 31.5 Å². The normalized spacial score (nSPS) is 13.3. The molecule has 0 saturated carbocycles. The average Bonchev–Trinajstić information content (AvgIpc) is 2.30. The summed E-state index contributed by atoms with van der Waals surface area (Å²) >= 11 is 0. The highest BCUT2D eigenvalue weighted by Crippen LogP contribution is 2.32. The summed E-state index contributed by atoms with van der Waals surface area (Å²) in [5.41, 5.74) is 5.20. The second-order valence-electron chi connectivity index (χ2n) is 4.12. The van der Waals surface area contributed by atoms with Gasteiger partial charge < -0.3 is 20.9 Å². The molecule has 0 aromatic heterocycles. The molecule has 0 aliphatic heterocycles. The lowest BCUT2D eigenvalue weighted by molar-refractivity contribution is -0.137. The molecular formula is C12H17F3N2O2. The molecule has 0 radical (unpaired) electrons. The van der Waals surface area contributed by atoms with E-state index in [1.807, 2.05) is 0 Å². The molecule has 1 aromatic carbocycles. The summed E-state index contributed by atoms with van der Waals surface area (Å²) in [5, 5.41) is 12.3. The van der Waals surface area contributed by atoms with Crippen LogP contribution in [0.25, 0.3) is 0 Å². The highest BCUT2D eigenvalue weighted by molar-refractivity contribution is 5.67. The third-order valence-electron chi connectivity index (χ3n) is 2.53. The maximum absolute atomic E-state index is 12.4. The number of alkyl halides is 3. The van der Waals surface area contributed by atoms with Gasteiger partial charge in [0.1, 0.15) is 0 Å². The lowest BCUT2D eigenvalue weighted by Gasteiger charge is -2.14. The molecule has 7 heteroatoms. The maximum Gasteiger partial charge on any atom is 0.416 e. The third-order valence-corrected chi connectivity index (χ3v) is 2.53. The molecule has 108 valence electrons. The molecule has 0 aliphatic rings. The van der Waals surface area contributed by atoms with E-state index in [1.165, 1.54) is 13.2 Å². The van der Waals surface area contributed by atoms with Gasteiger partial charge in [0, 0.05) is 13.7 Å². The zero-order valence-electron chi connectivity index (χ0n) is 10.5. The Bertz CT molecular complexity index is 410. The zero-order valence-corrected chi connectivity index (χ0v) is 10.5. The van der Waals surface area contributed by atoms with Gasteiger partial charge in [0.2, 0.25) is 0 Å². The predicted molar refractivity (Wildman–Crippen MR) is 66.8 cm³/mol. The van der Waals surface area contributed by atoms with Gasteiger partial charge in [-0.1, -0.05) is 0 Å². The number of nitrogen functional groups attached to an aromatic ring is 1. The summed E-state index contributed by atoms with van der Waals surface area (Å²) in [7, 11) is 1.48. The molecule has 1 atom stereocenters. The van der Waals surface area contributed by atoms with Crippen LogP contribution in [0.2, 0.25) is 0 Å². The minimum Gasteiger partial charge on any atom is -0.397 e. The van der Waals surface area contributed by atoms with Crippen molar-refractivity contribution in [3.8, 4) is 0 Å². The topological polar surface area (TPSA) is 67.5 Å². The van der Waals surface area contributed by atoms with E-state index in [1.54, 1.807) is 0 Å². The van der Waals surface area contributed by atoms with Crippen LogP contribution in [0.5, 0.6) is 0 Å². The number of benzene rings is 1. The van der Waals surface area contributed by atoms with Gasteiger partial charge in [-0.15, -0.1) is 0 Å². The second-order valence-corrected chi connectivity index (χ2v) is 4.12. The SMILES string of the molecule is COCC(O)CCNc1ccc(C(F)(F)F)cc1N. The van der Waals surface area contributed by atoms with Crippen LogP contribution in [0.1, 0.15) is 12.0 Å². The van der Waals surface area contributed by atoms with Crippen LogP contribution in [0.4, 0.5) is 24.5 Å². The summed E-state index contributed by atoms with van der Waals surface area (Å²) < 4.78 is 42.0. The van der Waals surface area contributed by atoms with E-state index in [9.17, 15) is 18.3 Å². The van der Waals surface area contributed by atoms with Crippen LogP contribution in [0.3, 0.4) is 0 Å². The van der Waals surface area contributed by atoms with Gasteiger partial charge in [-0.2, -0.15) is 13.2 Å². The fourth-order valence-corrected chi connectivity index (χ4v) is 1.55. The Morgan fingerprint density at radius 2 is 2.11 bits per heavy atom. The van der Waals surface area contributed by atoms with Gasteiger partial charge in [0.25, 0.3) is 0 Å². The van der Waals surface area contributed by atoms with Crippen LogP contribution in [-0.2, 0) is 10.9 Å². The Hall–Kier alpha value is -1.47. The van der Waals surface area contributed by atoms with E-state index in [2.05, 4.69) is 5.32 Å². The second kappa shape index (κ2) is 6.63. The first kappa shape index (κ1) is 15.6. The first-order chi connectivity index (χ1) is 8.84. The third kappa shape index (κ3) is 4.96. The lowest BCUT2D eigenvalue weighted by Crippen LogP contribution is -2.18. The van der Waals surface area contributed by atoms with E-state index >= 15 is 0 Å². The highest BCUT2D eigenvalue weighted by Gasteiger charge is 2.30. The van der Waals surface area contributed by atoms with E-state index in [0.29, 0.717) is 18.7 Å². The van der Waals surface area contributed by atoms with Crippen molar-refractivity contribution >= 4 is 11.4 Å². The summed E-state index contributed by atoms with van der Waals surface area (Å²) in [5.74, 6) is 0. The Labute approximate surface area is 109 Å². The molecule has 0 fully saturated rings. The number of hydrogen-bond donors (Lipinski definition) is 3. The summed E-state index contributed by atoms with van der Waals surface area (Å²) in [6, 6.07) is 3.12. The van der Waals surface area contributed by atoms with Crippen LogP contribution in [0, 0.1) is 0 Å². The van der Waals surface area contributed by atoms with Gasteiger partial charge in [0.05, 0.1) is 29.6 Å². The van der Waals surface area contributed by atoms with Crippen molar-refractivity contribution in [3.05, 3.63) is 23.8 Å². The molecule has 4 nitrogen and oxygen atoms in total. The largest absolute Gasteiger partial charge is 0.416 e. The van der Waals surface area contributed by atoms with E-state index in [4.69, 9.17) is 10.5 Å². The number of methoxy groups -OCH3 is 1. The lowest BCUT2D eigenvalue weighted by atomic mass is 10.1. The molecule has 1 aromatic rings. The summed E-state index contributed by atoms with van der Waals surface area (Å²) in [4.78, 5) is 0. The summed E-state index contributed by atoms with van der Waals surface area (Å²) in [6.45, 7) is 0.601. The molecule has 19 heavy (non-hydrogen) atoms. The fraction of sp³-hybridized carbons (Fsp3) is 0.500. The van der Waals surface area contributed by atoms with Gasteiger partial charge in [-0.25, -0.2) is 0 Å². The maximum atomic E-state index is 12.4. The quantitative estimate of drug-likeness (QED) is 0.697. The van der Waals surface area contributed by atoms with Gasteiger partial charge in [-0.3, -0.25) is 0 Å². The molecule has 0 saturated heterocycles. The number of nitrogens with one attached hydrogen (secondary N) is 1. The first-order valence-electron chi connectivity index (χ1n) is 5.72. The van der Waals surface area contributed by atoms with Gasteiger partial charge in [0.15, 0.2) is 0 Å². The Morgan fingerprint density at radius 3 is 2.63 bits per heavy atom. The van der Waals surface area contributed by atoms with Crippen LogP contribution < -0.4 is 11.1 Å². The van der Waals surface area contributed by atoms with Crippen LogP contribution >= 0.6 is 0 Å². The minimum atomic E-state index is -4.40. The molecule has 0 bridgehead atoms. The number of nitrogens with two attached hydrogens (primary N) is 1. The van der Waals surface area contributed by atoms with Crippen molar-refractivity contribution in [2.75, 3.05) is 31.3 Å². The molecule has 4 N–H and O–H groups in total. The fourth-order valence-electron chi connectivity index (χ4n) is 1.55. The number of aliphatic hydroxyl groups excluding tert-OH is 1. The number of hydrogen-bond acceptors (Lipinski definition) is 4. The van der Waals surface area contributed by atoms with Crippen molar-refractivity contribution in [1.82, 2.24) is 0 Å². The van der Waals surface area contributed by atoms with E-state index in [0.717, 1.165) is 12.1 Å². The Balaban J connectivity index is 2.56. The first-order valence-corrected chi connectivity index (χ1v) is 5.72. The molecule has 0 aliphatic carbocycles. The molecule has 0 heterocycles. The van der Waals surface area contributed by atoms with Gasteiger partial charge >= 0.3 is 6.18 Å². The highest BCUT2D eigenvalue weighted by atomic mass is 19.4. The van der Waals surface area contributed by atoms with Crippen molar-refractivity contribution in [2.24, 2.45) is 0 Å². The number of anilines is 2. The predicted octanol–water partition coefficient (Wildman–Crippen LogP) is 2.10. The minimum absolute atomic E-state index is 0.0241. The molecule has 0 amide bonds. The van der Waals surface area contributed by atoms with Gasteiger partial charge in [-0.05, 0) is 24.6 Å². The molecule has 1 rings (SSSR count). The smallest absolute Gasteiger partial charge is 0.397 e. The Kier molecular flexibility index (Phi) is 5.44. The average molecular weight is 278 g/mol. The van der Waals surface area contributed by atoms with Crippen LogP contribution in [0.15, 0.2) is 18.2 Å². The zero-order chi connectivity index (χ0) is 14.5.